The van der Waals surface area contributed by atoms with E-state index >= 15 is 0 Å². The third-order valence-electron chi connectivity index (χ3n) is 2.06. The molecule has 0 aromatic heterocycles. The van der Waals surface area contributed by atoms with Gasteiger partial charge in [0, 0.05) is 13.1 Å². The van der Waals surface area contributed by atoms with E-state index in [2.05, 4.69) is 37.6 Å². The summed E-state index contributed by atoms with van der Waals surface area (Å²) in [5, 5.41) is 0. The lowest BCUT2D eigenvalue weighted by molar-refractivity contribution is 0.426. The topological polar surface area (TPSA) is 3.24 Å². The molecule has 1 rings (SSSR count). The molecule has 0 unspecified atom stereocenters. The fourth-order valence-corrected chi connectivity index (χ4v) is 1.43. The van der Waals surface area contributed by atoms with Gasteiger partial charge in [-0.2, -0.15) is 0 Å². The molecule has 1 nitrogen and oxygen atoms in total. The van der Waals surface area contributed by atoms with Gasteiger partial charge in [0.05, 0.1) is 0 Å². The summed E-state index contributed by atoms with van der Waals surface area (Å²) in [6.07, 6.45) is 4.26. The van der Waals surface area contributed by atoms with Gasteiger partial charge in [-0.25, -0.2) is 0 Å². The van der Waals surface area contributed by atoms with Crippen LogP contribution in [0.15, 0.2) is 35.5 Å². The Kier molecular flexibility index (Phi) is 2.88. The lowest BCUT2D eigenvalue weighted by Gasteiger charge is -2.04. The predicted octanol–water partition coefficient (Wildman–Crippen LogP) is 2.38. The molecule has 0 aromatic carbocycles. The number of likely N-dealkylation sites (N-methyl/N-ethyl adjacent to an activating group) is 1. The van der Waals surface area contributed by atoms with E-state index < -0.39 is 0 Å². The molecule has 1 heterocycles. The van der Waals surface area contributed by atoms with Gasteiger partial charge >= 0.3 is 0 Å². The molecule has 0 atom stereocenters. The van der Waals surface area contributed by atoms with Crippen LogP contribution in [0.25, 0.3) is 0 Å². The van der Waals surface area contributed by atoms with Gasteiger partial charge in [-0.1, -0.05) is 29.9 Å². The van der Waals surface area contributed by atoms with Crippen molar-refractivity contribution in [2.45, 2.75) is 13.8 Å². The van der Waals surface area contributed by atoms with Crippen LogP contribution in [0, 0.1) is 0 Å². The molecule has 0 amide bonds. The maximum Gasteiger partial charge on any atom is 0.0234 e. The van der Waals surface area contributed by atoms with Crippen molar-refractivity contribution in [3.8, 4) is 0 Å². The van der Waals surface area contributed by atoms with E-state index in [1.165, 1.54) is 11.1 Å². The minimum Gasteiger partial charge on any atom is -0.298 e. The zero-order chi connectivity index (χ0) is 9.14. The van der Waals surface area contributed by atoms with Gasteiger partial charge in [0.1, 0.15) is 0 Å². The molecule has 0 spiro atoms. The van der Waals surface area contributed by atoms with Crippen molar-refractivity contribution in [2.75, 3.05) is 20.1 Å². The number of hydrogen-bond acceptors (Lipinski definition) is 1. The van der Waals surface area contributed by atoms with Gasteiger partial charge in [0.25, 0.3) is 0 Å². The third kappa shape index (κ3) is 2.35. The van der Waals surface area contributed by atoms with E-state index in [-0.39, 0.29) is 0 Å². The summed E-state index contributed by atoms with van der Waals surface area (Å²) in [5.41, 5.74) is 4.04. The quantitative estimate of drug-likeness (QED) is 0.565. The van der Waals surface area contributed by atoms with Crippen LogP contribution in [0.2, 0.25) is 0 Å². The second-order valence-electron chi connectivity index (χ2n) is 3.66. The molecule has 0 aromatic rings. The largest absolute Gasteiger partial charge is 0.298 e. The Labute approximate surface area is 75.1 Å². The summed E-state index contributed by atoms with van der Waals surface area (Å²) in [7, 11) is 2.14. The molecule has 66 valence electrons. The fraction of sp³-hybridized carbons (Fsp3) is 0.455. The zero-order valence-electron chi connectivity index (χ0n) is 8.22. The molecule has 0 bridgehead atoms. The minimum atomic E-state index is 1.08. The predicted molar refractivity (Wildman–Crippen MR) is 54.2 cm³/mol. The molecule has 0 radical (unpaired) electrons. The number of rotatable bonds is 2. The highest BCUT2D eigenvalue weighted by atomic mass is 15.1. The summed E-state index contributed by atoms with van der Waals surface area (Å²) in [6.45, 7) is 10.2. The van der Waals surface area contributed by atoms with Crippen LogP contribution in [0.3, 0.4) is 0 Å². The summed E-state index contributed by atoms with van der Waals surface area (Å²) in [6, 6.07) is 0. The molecular formula is C11H17N. The van der Waals surface area contributed by atoms with E-state index in [9.17, 15) is 0 Å². The molecule has 0 saturated carbocycles. The van der Waals surface area contributed by atoms with Crippen molar-refractivity contribution < 1.29 is 0 Å². The zero-order valence-corrected chi connectivity index (χ0v) is 8.22. The van der Waals surface area contributed by atoms with Crippen molar-refractivity contribution >= 4 is 0 Å². The number of nitrogens with zero attached hydrogens (tertiary/aromatic N) is 1. The van der Waals surface area contributed by atoms with Gasteiger partial charge in [0.15, 0.2) is 0 Å². The molecule has 0 fully saturated rings. The summed E-state index contributed by atoms with van der Waals surface area (Å²) in [5.74, 6) is 0. The first-order chi connectivity index (χ1) is 5.59. The van der Waals surface area contributed by atoms with E-state index in [0.29, 0.717) is 0 Å². The van der Waals surface area contributed by atoms with Crippen LogP contribution in [0.5, 0.6) is 0 Å². The van der Waals surface area contributed by atoms with Gasteiger partial charge in [-0.15, -0.1) is 0 Å². The molecule has 0 saturated heterocycles. The summed E-state index contributed by atoms with van der Waals surface area (Å²) >= 11 is 0. The van der Waals surface area contributed by atoms with Gasteiger partial charge in [-0.3, -0.25) is 4.90 Å². The minimum absolute atomic E-state index is 1.08. The SMILES string of the molecule is C=C(C)/C=C\C1=C(C)CN(C)C1. The highest BCUT2D eigenvalue weighted by Gasteiger charge is 2.12. The molecule has 0 aliphatic carbocycles. The van der Waals surface area contributed by atoms with Gasteiger partial charge in [0.2, 0.25) is 0 Å². The molecule has 1 aliphatic rings. The maximum absolute atomic E-state index is 3.84. The van der Waals surface area contributed by atoms with Crippen LogP contribution in [-0.2, 0) is 0 Å². The third-order valence-corrected chi connectivity index (χ3v) is 2.06. The lowest BCUT2D eigenvalue weighted by atomic mass is 10.1. The average Bonchev–Trinajstić information content (AvgIpc) is 2.26. The van der Waals surface area contributed by atoms with Gasteiger partial charge < -0.3 is 0 Å². The smallest absolute Gasteiger partial charge is 0.0234 e. The number of allylic oxidation sites excluding steroid dienone is 2. The molecule has 1 aliphatic heterocycles. The van der Waals surface area contributed by atoms with Crippen LogP contribution in [0.4, 0.5) is 0 Å². The lowest BCUT2D eigenvalue weighted by Crippen LogP contribution is -2.14. The molecule has 1 heteroatoms. The molecule has 12 heavy (non-hydrogen) atoms. The van der Waals surface area contributed by atoms with Crippen LogP contribution < -0.4 is 0 Å². The van der Waals surface area contributed by atoms with Gasteiger partial charge in [-0.05, 0) is 26.5 Å². The maximum atomic E-state index is 3.84. The Balaban J connectivity index is 2.64. The van der Waals surface area contributed by atoms with E-state index in [4.69, 9.17) is 0 Å². The van der Waals surface area contributed by atoms with Crippen molar-refractivity contribution in [1.29, 1.82) is 0 Å². The highest BCUT2D eigenvalue weighted by molar-refractivity contribution is 5.33. The van der Waals surface area contributed by atoms with Crippen molar-refractivity contribution in [3.63, 3.8) is 0 Å². The first-order valence-corrected chi connectivity index (χ1v) is 4.30. The van der Waals surface area contributed by atoms with E-state index in [1.54, 1.807) is 0 Å². The molecular weight excluding hydrogens is 146 g/mol. The Morgan fingerprint density at radius 2 is 2.17 bits per heavy atom. The normalized spacial score (nSPS) is 19.6. The Hall–Kier alpha value is -0.820. The van der Waals surface area contributed by atoms with Crippen molar-refractivity contribution in [1.82, 2.24) is 4.90 Å². The van der Waals surface area contributed by atoms with E-state index in [1.807, 2.05) is 6.92 Å². The Bertz CT molecular complexity index is 246. The van der Waals surface area contributed by atoms with Crippen LogP contribution in [-0.4, -0.2) is 25.0 Å². The fourth-order valence-electron chi connectivity index (χ4n) is 1.43. The second-order valence-corrected chi connectivity index (χ2v) is 3.66. The second kappa shape index (κ2) is 3.72. The summed E-state index contributed by atoms with van der Waals surface area (Å²) in [4.78, 5) is 2.31. The first-order valence-electron chi connectivity index (χ1n) is 4.30. The average molecular weight is 163 g/mol. The number of hydrogen-bond donors (Lipinski definition) is 0. The Morgan fingerprint density at radius 3 is 2.58 bits per heavy atom. The Morgan fingerprint density at radius 1 is 1.50 bits per heavy atom. The van der Waals surface area contributed by atoms with Crippen LogP contribution in [0.1, 0.15) is 13.8 Å². The standard InChI is InChI=1S/C11H17N/c1-9(2)5-6-11-8-12(4)7-10(11)3/h5-6H,1,7-8H2,2-4H3/b6-5-. The highest BCUT2D eigenvalue weighted by Crippen LogP contribution is 2.16. The van der Waals surface area contributed by atoms with Crippen molar-refractivity contribution in [3.05, 3.63) is 35.5 Å². The van der Waals surface area contributed by atoms with Crippen LogP contribution >= 0.6 is 0 Å². The van der Waals surface area contributed by atoms with E-state index in [0.717, 1.165) is 18.7 Å². The monoisotopic (exact) mass is 163 g/mol. The van der Waals surface area contributed by atoms with Crippen molar-refractivity contribution in [2.24, 2.45) is 0 Å². The first kappa shape index (κ1) is 9.27. The summed E-state index contributed by atoms with van der Waals surface area (Å²) < 4.78 is 0. The molecule has 0 N–H and O–H groups in total.